The van der Waals surface area contributed by atoms with Crippen LogP contribution in [-0.4, -0.2) is 5.91 Å². The molecular formula is C18H20BrNO. The minimum atomic E-state index is -0.0574. The Balaban J connectivity index is 2.21. The summed E-state index contributed by atoms with van der Waals surface area (Å²) in [5.74, 6) is -0.0574. The molecule has 110 valence electrons. The maximum absolute atomic E-state index is 12.4. The van der Waals surface area contributed by atoms with E-state index in [4.69, 9.17) is 0 Å². The van der Waals surface area contributed by atoms with Crippen molar-refractivity contribution in [2.24, 2.45) is 0 Å². The van der Waals surface area contributed by atoms with Gasteiger partial charge in [0, 0.05) is 4.47 Å². The number of aryl methyl sites for hydroxylation is 3. The van der Waals surface area contributed by atoms with Crippen molar-refractivity contribution in [3.8, 4) is 0 Å². The van der Waals surface area contributed by atoms with Crippen molar-refractivity contribution >= 4 is 21.8 Å². The molecule has 0 bridgehead atoms. The van der Waals surface area contributed by atoms with Crippen molar-refractivity contribution in [3.63, 3.8) is 0 Å². The molecule has 0 saturated carbocycles. The van der Waals surface area contributed by atoms with Crippen LogP contribution in [0.15, 0.2) is 40.9 Å². The fourth-order valence-corrected chi connectivity index (χ4v) is 2.93. The van der Waals surface area contributed by atoms with Crippen molar-refractivity contribution in [1.29, 1.82) is 0 Å². The van der Waals surface area contributed by atoms with E-state index in [1.54, 1.807) is 0 Å². The Kier molecular flexibility index (Phi) is 4.84. The SMILES string of the molecule is Cc1ccc(C(C)NC(=O)c2cccc(C)c2Br)c(C)c1. The maximum atomic E-state index is 12.4. The highest BCUT2D eigenvalue weighted by atomic mass is 79.9. The van der Waals surface area contributed by atoms with Crippen molar-refractivity contribution in [2.75, 3.05) is 0 Å². The van der Waals surface area contributed by atoms with Crippen LogP contribution in [0.5, 0.6) is 0 Å². The normalized spacial score (nSPS) is 12.0. The fraction of sp³-hybridized carbons (Fsp3) is 0.278. The van der Waals surface area contributed by atoms with Crippen LogP contribution in [0.3, 0.4) is 0 Å². The molecular weight excluding hydrogens is 326 g/mol. The van der Waals surface area contributed by atoms with Gasteiger partial charge < -0.3 is 5.32 Å². The number of carbonyl (C=O) groups excluding carboxylic acids is 1. The Hall–Kier alpha value is -1.61. The van der Waals surface area contributed by atoms with Crippen LogP contribution in [0, 0.1) is 20.8 Å². The molecule has 0 saturated heterocycles. The van der Waals surface area contributed by atoms with E-state index in [1.807, 2.05) is 32.0 Å². The third-order valence-corrected chi connectivity index (χ3v) is 4.73. The average molecular weight is 346 g/mol. The Morgan fingerprint density at radius 1 is 1.10 bits per heavy atom. The van der Waals surface area contributed by atoms with Gasteiger partial charge >= 0.3 is 0 Å². The molecule has 0 aliphatic heterocycles. The van der Waals surface area contributed by atoms with Gasteiger partial charge in [-0.05, 0) is 66.4 Å². The molecule has 0 aliphatic rings. The first kappa shape index (κ1) is 15.8. The molecule has 0 fully saturated rings. The molecule has 1 amide bonds. The highest BCUT2D eigenvalue weighted by molar-refractivity contribution is 9.10. The number of nitrogens with one attached hydrogen (secondary N) is 1. The van der Waals surface area contributed by atoms with Crippen molar-refractivity contribution in [3.05, 3.63) is 68.7 Å². The Bertz CT molecular complexity index is 679. The van der Waals surface area contributed by atoms with Crippen LogP contribution in [0.1, 0.15) is 45.6 Å². The predicted octanol–water partition coefficient (Wildman–Crippen LogP) is 4.87. The van der Waals surface area contributed by atoms with Gasteiger partial charge in [0.1, 0.15) is 0 Å². The molecule has 0 aromatic heterocycles. The molecule has 3 heteroatoms. The third-order valence-electron chi connectivity index (χ3n) is 3.68. The van der Waals surface area contributed by atoms with Gasteiger partial charge in [-0.3, -0.25) is 4.79 Å². The number of halogens is 1. The maximum Gasteiger partial charge on any atom is 0.252 e. The van der Waals surface area contributed by atoms with Crippen molar-refractivity contribution in [2.45, 2.75) is 33.7 Å². The minimum absolute atomic E-state index is 0.0227. The summed E-state index contributed by atoms with van der Waals surface area (Å²) in [6.07, 6.45) is 0. The van der Waals surface area contributed by atoms with E-state index in [-0.39, 0.29) is 11.9 Å². The highest BCUT2D eigenvalue weighted by Gasteiger charge is 2.15. The second kappa shape index (κ2) is 6.44. The standard InChI is InChI=1S/C18H20BrNO/c1-11-8-9-15(13(3)10-11)14(4)20-18(21)16-7-5-6-12(2)17(16)19/h5-10,14H,1-4H3,(H,20,21). The van der Waals surface area contributed by atoms with E-state index in [0.29, 0.717) is 5.56 Å². The number of hydrogen-bond donors (Lipinski definition) is 1. The molecule has 0 spiro atoms. The highest BCUT2D eigenvalue weighted by Crippen LogP contribution is 2.23. The average Bonchev–Trinajstić information content (AvgIpc) is 2.41. The predicted molar refractivity (Wildman–Crippen MR) is 90.7 cm³/mol. The van der Waals surface area contributed by atoms with E-state index >= 15 is 0 Å². The Morgan fingerprint density at radius 2 is 1.81 bits per heavy atom. The van der Waals surface area contributed by atoms with E-state index in [0.717, 1.165) is 15.6 Å². The minimum Gasteiger partial charge on any atom is -0.345 e. The first-order chi connectivity index (χ1) is 9.90. The summed E-state index contributed by atoms with van der Waals surface area (Å²) >= 11 is 3.49. The van der Waals surface area contributed by atoms with Gasteiger partial charge in [0.25, 0.3) is 5.91 Å². The zero-order chi connectivity index (χ0) is 15.6. The van der Waals surface area contributed by atoms with Crippen LogP contribution in [0.4, 0.5) is 0 Å². The summed E-state index contributed by atoms with van der Waals surface area (Å²) in [6, 6.07) is 12.0. The van der Waals surface area contributed by atoms with Crippen LogP contribution in [-0.2, 0) is 0 Å². The Morgan fingerprint density at radius 3 is 2.48 bits per heavy atom. The second-order valence-corrected chi connectivity index (χ2v) is 6.28. The largest absolute Gasteiger partial charge is 0.345 e. The van der Waals surface area contributed by atoms with Crippen LogP contribution in [0.2, 0.25) is 0 Å². The zero-order valence-corrected chi connectivity index (χ0v) is 14.4. The number of amides is 1. The van der Waals surface area contributed by atoms with Crippen LogP contribution < -0.4 is 5.32 Å². The van der Waals surface area contributed by atoms with E-state index < -0.39 is 0 Å². The van der Waals surface area contributed by atoms with Gasteiger partial charge in [-0.25, -0.2) is 0 Å². The summed E-state index contributed by atoms with van der Waals surface area (Å²) in [5.41, 5.74) is 5.31. The van der Waals surface area contributed by atoms with Gasteiger partial charge in [0.05, 0.1) is 11.6 Å². The molecule has 2 aromatic rings. The lowest BCUT2D eigenvalue weighted by Gasteiger charge is -2.18. The lowest BCUT2D eigenvalue weighted by atomic mass is 10.00. The third kappa shape index (κ3) is 3.53. The number of hydrogen-bond acceptors (Lipinski definition) is 1. The molecule has 2 aromatic carbocycles. The summed E-state index contributed by atoms with van der Waals surface area (Å²) < 4.78 is 0.857. The van der Waals surface area contributed by atoms with Crippen LogP contribution >= 0.6 is 15.9 Å². The van der Waals surface area contributed by atoms with Crippen molar-refractivity contribution < 1.29 is 4.79 Å². The Labute approximate surface area is 134 Å². The van der Waals surface area contributed by atoms with Gasteiger partial charge in [-0.1, -0.05) is 35.9 Å². The number of rotatable bonds is 3. The monoisotopic (exact) mass is 345 g/mol. The summed E-state index contributed by atoms with van der Waals surface area (Å²) in [5, 5.41) is 3.07. The first-order valence-corrected chi connectivity index (χ1v) is 7.82. The van der Waals surface area contributed by atoms with Gasteiger partial charge in [-0.2, -0.15) is 0 Å². The van der Waals surface area contributed by atoms with Gasteiger partial charge in [0.2, 0.25) is 0 Å². The molecule has 2 nitrogen and oxygen atoms in total. The lowest BCUT2D eigenvalue weighted by Crippen LogP contribution is -2.27. The van der Waals surface area contributed by atoms with Crippen molar-refractivity contribution in [1.82, 2.24) is 5.32 Å². The lowest BCUT2D eigenvalue weighted by molar-refractivity contribution is 0.0939. The zero-order valence-electron chi connectivity index (χ0n) is 12.8. The second-order valence-electron chi connectivity index (χ2n) is 5.49. The summed E-state index contributed by atoms with van der Waals surface area (Å²) in [7, 11) is 0. The quantitative estimate of drug-likeness (QED) is 0.844. The summed E-state index contributed by atoms with van der Waals surface area (Å²) in [6.45, 7) is 8.14. The molecule has 0 aliphatic carbocycles. The topological polar surface area (TPSA) is 29.1 Å². The van der Waals surface area contributed by atoms with Crippen LogP contribution in [0.25, 0.3) is 0 Å². The molecule has 21 heavy (non-hydrogen) atoms. The molecule has 1 unspecified atom stereocenters. The number of carbonyl (C=O) groups is 1. The number of benzene rings is 2. The molecule has 0 radical (unpaired) electrons. The molecule has 2 rings (SSSR count). The van der Waals surface area contributed by atoms with Gasteiger partial charge in [0.15, 0.2) is 0 Å². The fourth-order valence-electron chi connectivity index (χ4n) is 2.49. The molecule has 1 N–H and O–H groups in total. The summed E-state index contributed by atoms with van der Waals surface area (Å²) in [4.78, 5) is 12.4. The smallest absolute Gasteiger partial charge is 0.252 e. The molecule has 1 atom stereocenters. The molecule has 0 heterocycles. The van der Waals surface area contributed by atoms with E-state index in [9.17, 15) is 4.79 Å². The first-order valence-electron chi connectivity index (χ1n) is 7.03. The van der Waals surface area contributed by atoms with Gasteiger partial charge in [-0.15, -0.1) is 0 Å². The van der Waals surface area contributed by atoms with E-state index in [1.165, 1.54) is 11.1 Å². The van der Waals surface area contributed by atoms with E-state index in [2.05, 4.69) is 53.3 Å².